The fourth-order valence-corrected chi connectivity index (χ4v) is 3.93. The maximum Gasteiger partial charge on any atom is 0.252 e. The minimum absolute atomic E-state index is 0.386. The maximum absolute atomic E-state index is 11.7. The van der Waals surface area contributed by atoms with E-state index in [1.807, 2.05) is 6.07 Å². The molecule has 0 aromatic carbocycles. The maximum atomic E-state index is 11.7. The van der Waals surface area contributed by atoms with Gasteiger partial charge in [-0.25, -0.2) is 4.99 Å². The zero-order valence-corrected chi connectivity index (χ0v) is 12.1. The van der Waals surface area contributed by atoms with Crippen molar-refractivity contribution < 1.29 is 9.21 Å². The van der Waals surface area contributed by atoms with E-state index in [2.05, 4.69) is 11.9 Å². The molecule has 0 radical (unpaired) electrons. The molecule has 2 heterocycles. The summed E-state index contributed by atoms with van der Waals surface area (Å²) in [4.78, 5) is 17.4. The molecule has 1 aliphatic carbocycles. The lowest BCUT2D eigenvalue weighted by Gasteiger charge is -2.18. The standard InChI is InChI=1S/C15H16N2O2S/c1-9-4-5-11-12(7-9)20-15(13(11)14(16)18)17-8-10-3-2-6-19-10/h2-3,6,8-9H,4-5,7H2,1H3,(H2,16,18)/b17-8+. The highest BCUT2D eigenvalue weighted by Gasteiger charge is 2.26. The second-order valence-corrected chi connectivity index (χ2v) is 6.25. The minimum Gasteiger partial charge on any atom is -0.463 e. The first-order chi connectivity index (χ1) is 9.65. The van der Waals surface area contributed by atoms with Gasteiger partial charge in [-0.05, 0) is 42.9 Å². The molecule has 1 unspecified atom stereocenters. The lowest BCUT2D eigenvalue weighted by atomic mass is 9.88. The fourth-order valence-electron chi connectivity index (χ4n) is 2.57. The predicted molar refractivity (Wildman–Crippen MR) is 80.0 cm³/mol. The zero-order chi connectivity index (χ0) is 14.1. The molecule has 1 atom stereocenters. The number of nitrogens with zero attached hydrogens (tertiary/aromatic N) is 1. The molecule has 2 N–H and O–H groups in total. The van der Waals surface area contributed by atoms with Crippen molar-refractivity contribution >= 4 is 28.5 Å². The molecule has 20 heavy (non-hydrogen) atoms. The first-order valence-electron chi connectivity index (χ1n) is 6.67. The largest absolute Gasteiger partial charge is 0.463 e. The molecule has 0 aliphatic heterocycles. The molecule has 2 aromatic heterocycles. The van der Waals surface area contributed by atoms with Crippen LogP contribution in [-0.4, -0.2) is 12.1 Å². The van der Waals surface area contributed by atoms with E-state index in [-0.39, 0.29) is 5.91 Å². The third-order valence-electron chi connectivity index (χ3n) is 3.59. The van der Waals surface area contributed by atoms with Gasteiger partial charge < -0.3 is 10.2 Å². The molecule has 0 spiro atoms. The summed E-state index contributed by atoms with van der Waals surface area (Å²) in [5.41, 5.74) is 7.24. The molecule has 5 heteroatoms. The fraction of sp³-hybridized carbons (Fsp3) is 0.333. The van der Waals surface area contributed by atoms with Gasteiger partial charge in [-0.2, -0.15) is 0 Å². The number of thiophene rings is 1. The Morgan fingerprint density at radius 1 is 1.60 bits per heavy atom. The minimum atomic E-state index is -0.386. The van der Waals surface area contributed by atoms with Gasteiger partial charge in [-0.3, -0.25) is 4.79 Å². The van der Waals surface area contributed by atoms with Gasteiger partial charge in [0.15, 0.2) is 0 Å². The van der Waals surface area contributed by atoms with E-state index in [0.29, 0.717) is 22.2 Å². The van der Waals surface area contributed by atoms with Gasteiger partial charge >= 0.3 is 0 Å². The van der Waals surface area contributed by atoms with Crippen LogP contribution in [0.3, 0.4) is 0 Å². The number of rotatable bonds is 3. The number of primary amides is 1. The van der Waals surface area contributed by atoms with Gasteiger partial charge in [0.25, 0.3) is 5.91 Å². The van der Waals surface area contributed by atoms with Crippen LogP contribution in [0.2, 0.25) is 0 Å². The molecule has 0 saturated heterocycles. The Labute approximate surface area is 121 Å². The number of furan rings is 1. The topological polar surface area (TPSA) is 68.6 Å². The summed E-state index contributed by atoms with van der Waals surface area (Å²) in [5.74, 6) is 0.938. The Bertz CT molecular complexity index is 656. The molecular formula is C15H16N2O2S. The van der Waals surface area contributed by atoms with Crippen molar-refractivity contribution in [3.8, 4) is 0 Å². The van der Waals surface area contributed by atoms with Crippen LogP contribution in [0.1, 0.15) is 39.9 Å². The number of hydrogen-bond donors (Lipinski definition) is 1. The summed E-state index contributed by atoms with van der Waals surface area (Å²) in [6.45, 7) is 2.23. The molecule has 2 aromatic rings. The Morgan fingerprint density at radius 3 is 3.15 bits per heavy atom. The van der Waals surface area contributed by atoms with Crippen LogP contribution >= 0.6 is 11.3 Å². The van der Waals surface area contributed by atoms with E-state index in [0.717, 1.165) is 24.8 Å². The highest BCUT2D eigenvalue weighted by atomic mass is 32.1. The predicted octanol–water partition coefficient (Wildman–Crippen LogP) is 3.32. The van der Waals surface area contributed by atoms with E-state index in [9.17, 15) is 4.79 Å². The number of nitrogens with two attached hydrogens (primary N) is 1. The molecular weight excluding hydrogens is 272 g/mol. The van der Waals surface area contributed by atoms with Crippen LogP contribution in [0.25, 0.3) is 0 Å². The third-order valence-corrected chi connectivity index (χ3v) is 4.75. The van der Waals surface area contributed by atoms with Gasteiger partial charge in [0.2, 0.25) is 0 Å². The monoisotopic (exact) mass is 288 g/mol. The second kappa shape index (κ2) is 5.25. The Morgan fingerprint density at radius 2 is 2.45 bits per heavy atom. The summed E-state index contributed by atoms with van der Waals surface area (Å²) in [6, 6.07) is 3.63. The second-order valence-electron chi connectivity index (χ2n) is 5.17. The molecule has 0 saturated carbocycles. The van der Waals surface area contributed by atoms with Crippen molar-refractivity contribution in [2.45, 2.75) is 26.2 Å². The van der Waals surface area contributed by atoms with E-state index >= 15 is 0 Å². The number of carbonyl (C=O) groups is 1. The summed E-state index contributed by atoms with van der Waals surface area (Å²) >= 11 is 1.58. The first-order valence-corrected chi connectivity index (χ1v) is 7.48. The smallest absolute Gasteiger partial charge is 0.252 e. The van der Waals surface area contributed by atoms with E-state index in [1.54, 1.807) is 29.9 Å². The SMILES string of the molecule is CC1CCc2c(sc(/N=C/c3ccco3)c2C(N)=O)C1. The summed E-state index contributed by atoms with van der Waals surface area (Å²) in [7, 11) is 0. The quantitative estimate of drug-likeness (QED) is 0.880. The number of aliphatic imine (C=N–C) groups is 1. The number of hydrogen-bond acceptors (Lipinski definition) is 4. The van der Waals surface area contributed by atoms with Crippen LogP contribution in [-0.2, 0) is 12.8 Å². The molecule has 1 amide bonds. The van der Waals surface area contributed by atoms with Crippen molar-refractivity contribution in [3.63, 3.8) is 0 Å². The van der Waals surface area contributed by atoms with Gasteiger partial charge in [0, 0.05) is 4.88 Å². The highest BCUT2D eigenvalue weighted by molar-refractivity contribution is 7.16. The van der Waals surface area contributed by atoms with Gasteiger partial charge in [0.1, 0.15) is 10.8 Å². The first kappa shape index (κ1) is 13.1. The van der Waals surface area contributed by atoms with E-state index in [4.69, 9.17) is 10.2 Å². The number of carbonyl (C=O) groups excluding carboxylic acids is 1. The average molecular weight is 288 g/mol. The summed E-state index contributed by atoms with van der Waals surface area (Å²) in [5, 5.41) is 0.702. The van der Waals surface area contributed by atoms with E-state index in [1.165, 1.54) is 4.88 Å². The van der Waals surface area contributed by atoms with E-state index < -0.39 is 0 Å². The molecule has 0 fully saturated rings. The van der Waals surface area contributed by atoms with Crippen LogP contribution in [0.15, 0.2) is 27.8 Å². The van der Waals surface area contributed by atoms with Crippen molar-refractivity contribution in [2.24, 2.45) is 16.6 Å². The van der Waals surface area contributed by atoms with Gasteiger partial charge in [0.05, 0.1) is 18.0 Å². The molecule has 3 rings (SSSR count). The Kier molecular flexibility index (Phi) is 3.44. The Balaban J connectivity index is 2.00. The van der Waals surface area contributed by atoms with Crippen LogP contribution in [0.5, 0.6) is 0 Å². The van der Waals surface area contributed by atoms with Crippen molar-refractivity contribution in [2.75, 3.05) is 0 Å². The number of fused-ring (bicyclic) bond motifs is 1. The van der Waals surface area contributed by atoms with Gasteiger partial charge in [-0.1, -0.05) is 6.92 Å². The zero-order valence-electron chi connectivity index (χ0n) is 11.3. The molecule has 104 valence electrons. The van der Waals surface area contributed by atoms with Crippen LogP contribution in [0.4, 0.5) is 5.00 Å². The average Bonchev–Trinajstić information content (AvgIpc) is 3.02. The highest BCUT2D eigenvalue weighted by Crippen LogP contribution is 2.40. The normalized spacial score (nSPS) is 18.4. The Hall–Kier alpha value is -1.88. The lowest BCUT2D eigenvalue weighted by molar-refractivity contribution is 0.1000. The van der Waals surface area contributed by atoms with Crippen LogP contribution < -0.4 is 5.73 Å². The summed E-state index contributed by atoms with van der Waals surface area (Å²) in [6.07, 6.45) is 6.26. The van der Waals surface area contributed by atoms with Crippen molar-refractivity contribution in [1.29, 1.82) is 0 Å². The van der Waals surface area contributed by atoms with Gasteiger partial charge in [-0.15, -0.1) is 11.3 Å². The third kappa shape index (κ3) is 2.41. The van der Waals surface area contributed by atoms with Crippen LogP contribution in [0, 0.1) is 5.92 Å². The number of amides is 1. The lowest BCUT2D eigenvalue weighted by Crippen LogP contribution is -2.16. The molecule has 1 aliphatic rings. The summed E-state index contributed by atoms with van der Waals surface area (Å²) < 4.78 is 5.21. The van der Waals surface area contributed by atoms with Crippen molar-refractivity contribution in [3.05, 3.63) is 40.2 Å². The van der Waals surface area contributed by atoms with Crippen molar-refractivity contribution in [1.82, 2.24) is 0 Å². The molecule has 4 nitrogen and oxygen atoms in total. The molecule has 0 bridgehead atoms.